The average Bonchev–Trinajstić information content (AvgIpc) is 2.17. The highest BCUT2D eigenvalue weighted by atomic mass is 16.1. The van der Waals surface area contributed by atoms with E-state index >= 15 is 0 Å². The Morgan fingerprint density at radius 1 is 1.17 bits per heavy atom. The van der Waals surface area contributed by atoms with Crippen molar-refractivity contribution in [1.82, 2.24) is 4.90 Å². The lowest BCUT2D eigenvalue weighted by molar-refractivity contribution is -0.113. The standard InChI is InChI=1S/C10H17NO/c12-8-9-4-6-11-5-2-1-3-10(11)7-9/h8-10H,1-7H2. The predicted octanol–water partition coefficient (Wildman–Crippen LogP) is 1.45. The van der Waals surface area contributed by atoms with Gasteiger partial charge in [-0.3, -0.25) is 0 Å². The van der Waals surface area contributed by atoms with Gasteiger partial charge in [0.15, 0.2) is 0 Å². The SMILES string of the molecule is O=CC1CCN2CCCCC2C1. The molecule has 0 bridgehead atoms. The molecule has 0 radical (unpaired) electrons. The number of aldehydes is 1. The Morgan fingerprint density at radius 2 is 2.08 bits per heavy atom. The molecule has 2 heteroatoms. The van der Waals surface area contributed by atoms with Gasteiger partial charge in [0.25, 0.3) is 0 Å². The van der Waals surface area contributed by atoms with Crippen molar-refractivity contribution >= 4 is 6.29 Å². The molecule has 0 amide bonds. The molecule has 2 aliphatic rings. The Morgan fingerprint density at radius 3 is 2.92 bits per heavy atom. The van der Waals surface area contributed by atoms with E-state index in [0.717, 1.165) is 31.7 Å². The summed E-state index contributed by atoms with van der Waals surface area (Å²) in [7, 11) is 0. The van der Waals surface area contributed by atoms with Gasteiger partial charge >= 0.3 is 0 Å². The minimum Gasteiger partial charge on any atom is -0.303 e. The van der Waals surface area contributed by atoms with E-state index in [1.165, 1.54) is 25.8 Å². The monoisotopic (exact) mass is 167 g/mol. The first kappa shape index (κ1) is 8.24. The molecule has 0 N–H and O–H groups in total. The van der Waals surface area contributed by atoms with Crippen LogP contribution in [0.1, 0.15) is 32.1 Å². The molecule has 2 heterocycles. The van der Waals surface area contributed by atoms with Gasteiger partial charge in [0.05, 0.1) is 0 Å². The molecule has 2 nitrogen and oxygen atoms in total. The second kappa shape index (κ2) is 3.56. The minimum atomic E-state index is 0.365. The highest BCUT2D eigenvalue weighted by molar-refractivity contribution is 5.53. The molecule has 2 rings (SSSR count). The summed E-state index contributed by atoms with van der Waals surface area (Å²) in [5.74, 6) is 0.365. The molecular formula is C10H17NO. The number of piperidine rings is 2. The van der Waals surface area contributed by atoms with Crippen molar-refractivity contribution in [2.75, 3.05) is 13.1 Å². The molecule has 0 aliphatic carbocycles. The van der Waals surface area contributed by atoms with Crippen LogP contribution >= 0.6 is 0 Å². The van der Waals surface area contributed by atoms with Gasteiger partial charge in [0.1, 0.15) is 6.29 Å². The lowest BCUT2D eigenvalue weighted by atomic mass is 9.87. The van der Waals surface area contributed by atoms with E-state index in [1.807, 2.05) is 0 Å². The van der Waals surface area contributed by atoms with Gasteiger partial charge in [-0.15, -0.1) is 0 Å². The smallest absolute Gasteiger partial charge is 0.123 e. The van der Waals surface area contributed by atoms with Crippen molar-refractivity contribution in [2.45, 2.75) is 38.1 Å². The fraction of sp³-hybridized carbons (Fsp3) is 0.900. The molecule has 0 aromatic heterocycles. The summed E-state index contributed by atoms with van der Waals surface area (Å²) in [4.78, 5) is 13.2. The van der Waals surface area contributed by atoms with Gasteiger partial charge in [0.2, 0.25) is 0 Å². The molecule has 2 saturated heterocycles. The third-order valence-electron chi connectivity index (χ3n) is 3.30. The fourth-order valence-corrected chi connectivity index (χ4v) is 2.54. The van der Waals surface area contributed by atoms with Crippen molar-refractivity contribution in [3.05, 3.63) is 0 Å². The lowest BCUT2D eigenvalue weighted by Crippen LogP contribution is -2.45. The number of nitrogens with zero attached hydrogens (tertiary/aromatic N) is 1. The van der Waals surface area contributed by atoms with E-state index in [-0.39, 0.29) is 0 Å². The molecule has 2 atom stereocenters. The second-order valence-electron chi connectivity index (χ2n) is 4.11. The van der Waals surface area contributed by atoms with Gasteiger partial charge in [-0.2, -0.15) is 0 Å². The van der Waals surface area contributed by atoms with E-state index in [1.54, 1.807) is 0 Å². The lowest BCUT2D eigenvalue weighted by Gasteiger charge is -2.41. The Bertz CT molecular complexity index is 169. The Labute approximate surface area is 73.9 Å². The van der Waals surface area contributed by atoms with E-state index < -0.39 is 0 Å². The molecule has 2 unspecified atom stereocenters. The van der Waals surface area contributed by atoms with Gasteiger partial charge in [-0.25, -0.2) is 0 Å². The van der Waals surface area contributed by atoms with Crippen LogP contribution in [0, 0.1) is 5.92 Å². The van der Waals surface area contributed by atoms with Crippen LogP contribution in [-0.2, 0) is 4.79 Å². The van der Waals surface area contributed by atoms with Crippen molar-refractivity contribution in [3.63, 3.8) is 0 Å². The summed E-state index contributed by atoms with van der Waals surface area (Å²) in [6.45, 7) is 2.43. The summed E-state index contributed by atoms with van der Waals surface area (Å²) < 4.78 is 0. The summed E-state index contributed by atoms with van der Waals surface area (Å²) in [5.41, 5.74) is 0. The zero-order chi connectivity index (χ0) is 8.39. The van der Waals surface area contributed by atoms with Crippen LogP contribution in [0.3, 0.4) is 0 Å². The van der Waals surface area contributed by atoms with Crippen LogP contribution in [-0.4, -0.2) is 30.3 Å². The largest absolute Gasteiger partial charge is 0.303 e. The number of rotatable bonds is 1. The summed E-state index contributed by atoms with van der Waals surface area (Å²) >= 11 is 0. The zero-order valence-corrected chi connectivity index (χ0v) is 7.54. The summed E-state index contributed by atoms with van der Waals surface area (Å²) in [5, 5.41) is 0. The first-order valence-corrected chi connectivity index (χ1v) is 5.09. The number of carbonyl (C=O) groups excluding carboxylic acids is 1. The van der Waals surface area contributed by atoms with E-state index in [2.05, 4.69) is 4.90 Å². The molecule has 0 spiro atoms. The second-order valence-corrected chi connectivity index (χ2v) is 4.11. The van der Waals surface area contributed by atoms with Crippen molar-refractivity contribution < 1.29 is 4.79 Å². The topological polar surface area (TPSA) is 20.3 Å². The van der Waals surface area contributed by atoms with E-state index in [0.29, 0.717) is 5.92 Å². The highest BCUT2D eigenvalue weighted by Crippen LogP contribution is 2.28. The first-order valence-electron chi connectivity index (χ1n) is 5.09. The van der Waals surface area contributed by atoms with E-state index in [9.17, 15) is 4.79 Å². The number of hydrogen-bond acceptors (Lipinski definition) is 2. The van der Waals surface area contributed by atoms with Crippen LogP contribution in [0.5, 0.6) is 0 Å². The fourth-order valence-electron chi connectivity index (χ4n) is 2.54. The van der Waals surface area contributed by atoms with Crippen LogP contribution < -0.4 is 0 Å². The summed E-state index contributed by atoms with van der Waals surface area (Å²) in [6, 6.07) is 0.739. The Kier molecular flexibility index (Phi) is 2.45. The molecule has 68 valence electrons. The molecule has 0 saturated carbocycles. The van der Waals surface area contributed by atoms with Gasteiger partial charge < -0.3 is 9.69 Å². The van der Waals surface area contributed by atoms with Crippen molar-refractivity contribution in [1.29, 1.82) is 0 Å². The zero-order valence-electron chi connectivity index (χ0n) is 7.54. The van der Waals surface area contributed by atoms with Crippen LogP contribution in [0.4, 0.5) is 0 Å². The number of hydrogen-bond donors (Lipinski definition) is 0. The molecule has 2 aliphatic heterocycles. The maximum Gasteiger partial charge on any atom is 0.123 e. The van der Waals surface area contributed by atoms with Crippen LogP contribution in [0.25, 0.3) is 0 Å². The van der Waals surface area contributed by atoms with Gasteiger partial charge in [-0.05, 0) is 38.8 Å². The number of carbonyl (C=O) groups is 1. The normalized spacial score (nSPS) is 37.3. The predicted molar refractivity (Wildman–Crippen MR) is 48.0 cm³/mol. The Balaban J connectivity index is 1.93. The van der Waals surface area contributed by atoms with Gasteiger partial charge in [-0.1, -0.05) is 6.42 Å². The maximum atomic E-state index is 10.6. The van der Waals surface area contributed by atoms with Crippen LogP contribution in [0.2, 0.25) is 0 Å². The molecule has 2 fully saturated rings. The molecule has 0 aromatic rings. The van der Waals surface area contributed by atoms with Crippen molar-refractivity contribution in [2.24, 2.45) is 5.92 Å². The molecular weight excluding hydrogens is 150 g/mol. The number of fused-ring (bicyclic) bond motifs is 1. The third-order valence-corrected chi connectivity index (χ3v) is 3.30. The Hall–Kier alpha value is -0.370. The highest BCUT2D eigenvalue weighted by Gasteiger charge is 2.29. The average molecular weight is 167 g/mol. The quantitative estimate of drug-likeness (QED) is 0.551. The van der Waals surface area contributed by atoms with Crippen molar-refractivity contribution in [3.8, 4) is 0 Å². The third kappa shape index (κ3) is 1.53. The minimum absolute atomic E-state index is 0.365. The molecule has 0 aromatic carbocycles. The molecule has 12 heavy (non-hydrogen) atoms. The summed E-state index contributed by atoms with van der Waals surface area (Å²) in [6.07, 6.45) is 7.44. The van der Waals surface area contributed by atoms with Gasteiger partial charge in [0, 0.05) is 12.0 Å². The maximum absolute atomic E-state index is 10.6. The van der Waals surface area contributed by atoms with Crippen LogP contribution in [0.15, 0.2) is 0 Å². The first-order chi connectivity index (χ1) is 5.90. The van der Waals surface area contributed by atoms with E-state index in [4.69, 9.17) is 0 Å².